The first-order valence-electron chi connectivity index (χ1n) is 15.4. The average molecular weight is 607 g/mol. The van der Waals surface area contributed by atoms with Crippen molar-refractivity contribution in [3.63, 3.8) is 0 Å². The first-order chi connectivity index (χ1) is 22.7. The summed E-state index contributed by atoms with van der Waals surface area (Å²) in [5, 5.41) is 0. The Hall–Kier alpha value is -5.81. The predicted octanol–water partition coefficient (Wildman–Crippen LogP) is 10.7. The Morgan fingerprint density at radius 2 is 0.870 bits per heavy atom. The third-order valence-electron chi connectivity index (χ3n) is 7.30. The van der Waals surface area contributed by atoms with Gasteiger partial charge in [-0.05, 0) is 122 Å². The maximum atomic E-state index is 12.6. The van der Waals surface area contributed by atoms with Gasteiger partial charge in [-0.1, -0.05) is 60.7 Å². The molecule has 6 aromatic carbocycles. The minimum atomic E-state index is 0.0266. The van der Waals surface area contributed by atoms with Gasteiger partial charge in [0, 0.05) is 11.1 Å². The second-order valence-electron chi connectivity index (χ2n) is 10.7. The molecule has 0 aliphatic carbocycles. The van der Waals surface area contributed by atoms with E-state index < -0.39 is 0 Å². The minimum Gasteiger partial charge on any atom is -0.494 e. The molecule has 0 amide bonds. The van der Waals surface area contributed by atoms with Crippen molar-refractivity contribution in [1.29, 1.82) is 0 Å². The highest BCUT2D eigenvalue weighted by molar-refractivity contribution is 6.09. The quantitative estimate of drug-likeness (QED) is 0.200. The van der Waals surface area contributed by atoms with Gasteiger partial charge in [-0.25, -0.2) is 0 Å². The van der Waals surface area contributed by atoms with Crippen LogP contribution in [0.5, 0.6) is 40.2 Å². The number of rotatable bonds is 4. The summed E-state index contributed by atoms with van der Waals surface area (Å²) in [6, 6.07) is 49.7. The summed E-state index contributed by atoms with van der Waals surface area (Å²) in [6.45, 7) is 0.692. The van der Waals surface area contributed by atoms with E-state index in [9.17, 15) is 4.79 Å². The van der Waals surface area contributed by atoms with E-state index >= 15 is 0 Å². The summed E-state index contributed by atoms with van der Waals surface area (Å²) in [4.78, 5) is 12.6. The number of hydrogen-bond donors (Lipinski definition) is 0. The molecule has 6 bridgehead atoms. The molecule has 0 saturated heterocycles. The van der Waals surface area contributed by atoms with Crippen molar-refractivity contribution in [2.75, 3.05) is 6.61 Å². The molecule has 11 rings (SSSR count). The van der Waals surface area contributed by atoms with Crippen LogP contribution in [0.1, 0.15) is 34.3 Å². The standard InChI is InChI=1S/C23H20O3.C18H14O2/c24-23-18-6-4-17(5-7-18)3-1-2-16-25-20-12-14-22(15-13-20)26-21-10-8-19(23)9-11-21;1-3-7-15(8-4-1)19-17-11-13-18(14-12-17)20-16-9-5-2-6-10-16/h4-15H,1-3,16H2;1-14H. The van der Waals surface area contributed by atoms with E-state index in [0.29, 0.717) is 23.5 Å². The van der Waals surface area contributed by atoms with Crippen LogP contribution in [-0.2, 0) is 6.42 Å². The van der Waals surface area contributed by atoms with E-state index in [0.717, 1.165) is 53.8 Å². The zero-order chi connectivity index (χ0) is 31.4. The Bertz CT molecular complexity index is 1740. The van der Waals surface area contributed by atoms with Crippen LogP contribution >= 0.6 is 0 Å². The smallest absolute Gasteiger partial charge is 0.193 e. The van der Waals surface area contributed by atoms with Crippen molar-refractivity contribution in [3.05, 3.63) is 174 Å². The number of ether oxygens (including phenoxy) is 4. The van der Waals surface area contributed by atoms with E-state index in [1.807, 2.05) is 146 Å². The van der Waals surface area contributed by atoms with Gasteiger partial charge in [0.25, 0.3) is 0 Å². The molecule has 0 N–H and O–H groups in total. The molecule has 228 valence electrons. The summed E-state index contributed by atoms with van der Waals surface area (Å²) in [5.41, 5.74) is 2.61. The number of fused-ring (bicyclic) bond motifs is 1. The molecule has 6 aromatic rings. The summed E-state index contributed by atoms with van der Waals surface area (Å²) in [6.07, 6.45) is 3.03. The Morgan fingerprint density at radius 3 is 1.39 bits per heavy atom. The highest BCUT2D eigenvalue weighted by atomic mass is 16.5. The van der Waals surface area contributed by atoms with Gasteiger partial charge in [-0.3, -0.25) is 4.79 Å². The fraction of sp³-hybridized carbons (Fsp3) is 0.0976. The van der Waals surface area contributed by atoms with Gasteiger partial charge in [0.15, 0.2) is 5.78 Å². The van der Waals surface area contributed by atoms with Gasteiger partial charge in [-0.2, -0.15) is 0 Å². The molecule has 5 aliphatic heterocycles. The summed E-state index contributed by atoms with van der Waals surface area (Å²) in [7, 11) is 0. The van der Waals surface area contributed by atoms with Crippen LogP contribution in [0.15, 0.2) is 158 Å². The van der Waals surface area contributed by atoms with Crippen molar-refractivity contribution in [2.45, 2.75) is 19.3 Å². The van der Waals surface area contributed by atoms with Crippen LogP contribution in [-0.4, -0.2) is 12.4 Å². The predicted molar refractivity (Wildman–Crippen MR) is 181 cm³/mol. The van der Waals surface area contributed by atoms with Crippen LogP contribution in [0.2, 0.25) is 0 Å². The molecule has 5 nitrogen and oxygen atoms in total. The lowest BCUT2D eigenvalue weighted by atomic mass is 10.0. The van der Waals surface area contributed by atoms with Gasteiger partial charge < -0.3 is 18.9 Å². The molecular formula is C41H34O5. The van der Waals surface area contributed by atoms with Crippen LogP contribution in [0.3, 0.4) is 0 Å². The first kappa shape index (κ1) is 30.2. The number of carbonyl (C=O) groups is 1. The number of hydrogen-bond acceptors (Lipinski definition) is 5. The molecular weight excluding hydrogens is 572 g/mol. The fourth-order valence-electron chi connectivity index (χ4n) is 4.85. The van der Waals surface area contributed by atoms with Crippen LogP contribution in [0.25, 0.3) is 0 Å². The zero-order valence-corrected chi connectivity index (χ0v) is 25.4. The SMILES string of the molecule is O=C1c2ccc(cc2)CCCCOc2ccc(cc2)Oc2ccc1cc2.c1ccc(Oc2ccc(Oc3ccccc3)cc2)cc1. The lowest BCUT2D eigenvalue weighted by Gasteiger charge is -2.09. The molecule has 5 heteroatoms. The number of para-hydroxylation sites is 2. The molecule has 5 heterocycles. The van der Waals surface area contributed by atoms with Gasteiger partial charge >= 0.3 is 0 Å². The van der Waals surface area contributed by atoms with Gasteiger partial charge in [-0.15, -0.1) is 0 Å². The van der Waals surface area contributed by atoms with Gasteiger partial charge in [0.05, 0.1) is 6.61 Å². The number of benzene rings is 6. The molecule has 0 aromatic heterocycles. The molecule has 46 heavy (non-hydrogen) atoms. The van der Waals surface area contributed by atoms with E-state index in [1.165, 1.54) is 5.56 Å². The monoisotopic (exact) mass is 606 g/mol. The van der Waals surface area contributed by atoms with E-state index in [1.54, 1.807) is 12.1 Å². The van der Waals surface area contributed by atoms with Crippen molar-refractivity contribution in [3.8, 4) is 40.2 Å². The third kappa shape index (κ3) is 8.64. The van der Waals surface area contributed by atoms with Crippen molar-refractivity contribution >= 4 is 5.78 Å². The molecule has 0 atom stereocenters. The zero-order valence-electron chi connectivity index (χ0n) is 25.4. The fourth-order valence-corrected chi connectivity index (χ4v) is 4.85. The molecule has 0 saturated carbocycles. The van der Waals surface area contributed by atoms with Gasteiger partial charge in [0.1, 0.15) is 40.2 Å². The molecule has 0 unspecified atom stereocenters. The normalized spacial score (nSPS) is 12.4. The molecule has 0 spiro atoms. The van der Waals surface area contributed by atoms with E-state index in [4.69, 9.17) is 18.9 Å². The summed E-state index contributed by atoms with van der Waals surface area (Å²) >= 11 is 0. The summed E-state index contributed by atoms with van der Waals surface area (Å²) < 4.78 is 23.1. The Labute approximate surface area is 269 Å². The number of carbonyl (C=O) groups excluding carboxylic acids is 1. The Morgan fingerprint density at radius 1 is 0.435 bits per heavy atom. The Balaban J connectivity index is 0.000000167. The molecule has 5 aliphatic rings. The van der Waals surface area contributed by atoms with Crippen LogP contribution < -0.4 is 18.9 Å². The number of ketones is 1. The first-order valence-corrected chi connectivity index (χ1v) is 15.4. The topological polar surface area (TPSA) is 54.0 Å². The van der Waals surface area contributed by atoms with Crippen molar-refractivity contribution < 1.29 is 23.7 Å². The second-order valence-corrected chi connectivity index (χ2v) is 10.7. The lowest BCUT2D eigenvalue weighted by Crippen LogP contribution is -2.01. The lowest BCUT2D eigenvalue weighted by molar-refractivity contribution is 0.103. The molecule has 0 fully saturated rings. The van der Waals surface area contributed by atoms with Crippen LogP contribution in [0, 0.1) is 0 Å². The maximum Gasteiger partial charge on any atom is 0.193 e. The van der Waals surface area contributed by atoms with E-state index in [-0.39, 0.29) is 5.78 Å². The Kier molecular flexibility index (Phi) is 10.0. The highest BCUT2D eigenvalue weighted by Crippen LogP contribution is 2.27. The second kappa shape index (κ2) is 15.3. The van der Waals surface area contributed by atoms with Gasteiger partial charge in [0.2, 0.25) is 0 Å². The largest absolute Gasteiger partial charge is 0.494 e. The maximum absolute atomic E-state index is 12.6. The minimum absolute atomic E-state index is 0.0266. The summed E-state index contributed by atoms with van der Waals surface area (Å²) in [5.74, 6) is 5.54. The van der Waals surface area contributed by atoms with Crippen molar-refractivity contribution in [1.82, 2.24) is 0 Å². The highest BCUT2D eigenvalue weighted by Gasteiger charge is 2.10. The average Bonchev–Trinajstić information content (AvgIpc) is 3.11. The third-order valence-corrected chi connectivity index (χ3v) is 7.30. The number of aryl methyl sites for hydroxylation is 1. The van der Waals surface area contributed by atoms with Crippen molar-refractivity contribution in [2.24, 2.45) is 0 Å². The van der Waals surface area contributed by atoms with E-state index in [2.05, 4.69) is 0 Å². The van der Waals surface area contributed by atoms with Crippen LogP contribution in [0.4, 0.5) is 0 Å². The molecule has 0 radical (unpaired) electrons.